The number of aromatic nitrogens is 5. The predicted molar refractivity (Wildman–Crippen MR) is 75.4 cm³/mol. The summed E-state index contributed by atoms with van der Waals surface area (Å²) in [4.78, 5) is 19.8. The first kappa shape index (κ1) is 13.9. The summed E-state index contributed by atoms with van der Waals surface area (Å²) in [5.74, 6) is 0.578. The van der Waals surface area contributed by atoms with E-state index in [0.717, 1.165) is 5.56 Å². The third kappa shape index (κ3) is 3.75. The van der Waals surface area contributed by atoms with Gasteiger partial charge in [-0.05, 0) is 5.56 Å². The minimum atomic E-state index is -0.156. The molecular weight excluding hydrogens is 284 g/mol. The van der Waals surface area contributed by atoms with Crippen LogP contribution in [0.25, 0.3) is 0 Å². The first-order valence-electron chi connectivity index (χ1n) is 6.74. The van der Waals surface area contributed by atoms with Crippen molar-refractivity contribution in [1.29, 1.82) is 0 Å². The molecule has 8 heteroatoms. The van der Waals surface area contributed by atoms with Gasteiger partial charge in [0.2, 0.25) is 11.8 Å². The minimum Gasteiger partial charge on any atom is -0.352 e. The lowest BCUT2D eigenvalue weighted by atomic mass is 10.2. The van der Waals surface area contributed by atoms with Gasteiger partial charge in [-0.3, -0.25) is 4.79 Å². The third-order valence-electron chi connectivity index (χ3n) is 2.93. The second kappa shape index (κ2) is 6.61. The Hall–Kier alpha value is -3.03. The average molecular weight is 298 g/mol. The Kier molecular flexibility index (Phi) is 4.19. The van der Waals surface area contributed by atoms with Gasteiger partial charge in [0, 0.05) is 6.54 Å². The smallest absolute Gasteiger partial charge is 0.248 e. The van der Waals surface area contributed by atoms with Gasteiger partial charge in [0.15, 0.2) is 5.82 Å². The van der Waals surface area contributed by atoms with E-state index in [1.165, 1.54) is 6.33 Å². The summed E-state index contributed by atoms with van der Waals surface area (Å²) in [7, 11) is 0. The molecule has 1 N–H and O–H groups in total. The van der Waals surface area contributed by atoms with E-state index in [2.05, 4.69) is 25.5 Å². The molecule has 0 spiro atoms. The molecule has 0 fully saturated rings. The Morgan fingerprint density at radius 2 is 2.14 bits per heavy atom. The maximum Gasteiger partial charge on any atom is 0.248 e. The molecule has 1 aromatic carbocycles. The molecule has 0 aliphatic carbocycles. The lowest BCUT2D eigenvalue weighted by molar-refractivity contribution is -0.120. The quantitative estimate of drug-likeness (QED) is 0.714. The molecule has 0 saturated carbocycles. The van der Waals surface area contributed by atoms with Crippen LogP contribution in [0, 0.1) is 0 Å². The molecule has 2 aromatic heterocycles. The number of nitrogens with zero attached hydrogens (tertiary/aromatic N) is 5. The Labute approximate surface area is 126 Å². The average Bonchev–Trinajstić information content (AvgIpc) is 3.19. The summed E-state index contributed by atoms with van der Waals surface area (Å²) in [6, 6.07) is 9.69. The van der Waals surface area contributed by atoms with Crippen LogP contribution < -0.4 is 5.32 Å². The molecule has 0 aliphatic rings. The highest BCUT2D eigenvalue weighted by Crippen LogP contribution is 2.01. The predicted octanol–water partition coefficient (Wildman–Crippen LogP) is 0.568. The van der Waals surface area contributed by atoms with Crippen LogP contribution in [0.1, 0.15) is 17.3 Å². The standard InChI is InChI=1S/C14H14N6O2/c21-13(16-7-11-4-2-1-3-5-11)6-12-18-14(22-19-12)8-20-10-15-9-17-20/h1-5,9-10H,6-8H2,(H,16,21). The van der Waals surface area contributed by atoms with Crippen molar-refractivity contribution in [3.05, 3.63) is 60.3 Å². The van der Waals surface area contributed by atoms with Crippen LogP contribution in [0.4, 0.5) is 0 Å². The SMILES string of the molecule is O=C(Cc1noc(Cn2cncn2)n1)NCc1ccccc1. The molecule has 0 aliphatic heterocycles. The van der Waals surface area contributed by atoms with Crippen LogP contribution in [0.5, 0.6) is 0 Å². The molecule has 0 saturated heterocycles. The van der Waals surface area contributed by atoms with Crippen LogP contribution in [0.2, 0.25) is 0 Å². The van der Waals surface area contributed by atoms with E-state index < -0.39 is 0 Å². The summed E-state index contributed by atoms with van der Waals surface area (Å²) in [6.07, 6.45) is 3.05. The van der Waals surface area contributed by atoms with Gasteiger partial charge in [-0.2, -0.15) is 10.1 Å². The highest BCUT2D eigenvalue weighted by Gasteiger charge is 2.11. The van der Waals surface area contributed by atoms with Crippen molar-refractivity contribution >= 4 is 5.91 Å². The fourth-order valence-corrected chi connectivity index (χ4v) is 1.88. The Morgan fingerprint density at radius 1 is 1.27 bits per heavy atom. The number of carbonyl (C=O) groups excluding carboxylic acids is 1. The third-order valence-corrected chi connectivity index (χ3v) is 2.93. The van der Waals surface area contributed by atoms with Crippen molar-refractivity contribution in [3.8, 4) is 0 Å². The van der Waals surface area contributed by atoms with E-state index in [1.54, 1.807) is 11.0 Å². The summed E-state index contributed by atoms with van der Waals surface area (Å²) in [5, 5.41) is 10.5. The van der Waals surface area contributed by atoms with Crippen molar-refractivity contribution in [2.45, 2.75) is 19.5 Å². The molecule has 112 valence electrons. The number of hydrogen-bond donors (Lipinski definition) is 1. The van der Waals surface area contributed by atoms with E-state index >= 15 is 0 Å². The molecule has 8 nitrogen and oxygen atoms in total. The van der Waals surface area contributed by atoms with E-state index in [0.29, 0.717) is 24.8 Å². The number of amides is 1. The highest BCUT2D eigenvalue weighted by atomic mass is 16.5. The van der Waals surface area contributed by atoms with Crippen LogP contribution in [-0.2, 0) is 24.3 Å². The van der Waals surface area contributed by atoms with E-state index in [-0.39, 0.29) is 12.3 Å². The largest absolute Gasteiger partial charge is 0.352 e. The van der Waals surface area contributed by atoms with Gasteiger partial charge >= 0.3 is 0 Å². The second-order valence-corrected chi connectivity index (χ2v) is 4.64. The monoisotopic (exact) mass is 298 g/mol. The van der Waals surface area contributed by atoms with Crippen molar-refractivity contribution in [2.75, 3.05) is 0 Å². The number of hydrogen-bond acceptors (Lipinski definition) is 6. The minimum absolute atomic E-state index is 0.0771. The molecule has 3 aromatic rings. The molecule has 3 rings (SSSR count). The number of rotatable bonds is 6. The first-order valence-corrected chi connectivity index (χ1v) is 6.74. The Balaban J connectivity index is 1.50. The van der Waals surface area contributed by atoms with Gasteiger partial charge in [-0.15, -0.1) is 0 Å². The summed E-state index contributed by atoms with van der Waals surface area (Å²) in [5.41, 5.74) is 1.04. The van der Waals surface area contributed by atoms with Gasteiger partial charge in [-0.25, -0.2) is 9.67 Å². The summed E-state index contributed by atoms with van der Waals surface area (Å²) in [6.45, 7) is 0.808. The van der Waals surface area contributed by atoms with Crippen LogP contribution >= 0.6 is 0 Å². The highest BCUT2D eigenvalue weighted by molar-refractivity contribution is 5.77. The molecule has 22 heavy (non-hydrogen) atoms. The maximum atomic E-state index is 11.9. The summed E-state index contributed by atoms with van der Waals surface area (Å²) < 4.78 is 6.63. The molecule has 0 atom stereocenters. The molecule has 1 amide bonds. The van der Waals surface area contributed by atoms with E-state index in [1.807, 2.05) is 30.3 Å². The zero-order chi connectivity index (χ0) is 15.2. The Morgan fingerprint density at radius 3 is 2.91 bits per heavy atom. The Bertz CT molecular complexity index is 723. The van der Waals surface area contributed by atoms with E-state index in [4.69, 9.17) is 4.52 Å². The lowest BCUT2D eigenvalue weighted by Gasteiger charge is -2.03. The number of carbonyl (C=O) groups is 1. The van der Waals surface area contributed by atoms with Crippen molar-refractivity contribution in [2.24, 2.45) is 0 Å². The zero-order valence-electron chi connectivity index (χ0n) is 11.7. The molecule has 2 heterocycles. The van der Waals surface area contributed by atoms with Crippen LogP contribution in [-0.4, -0.2) is 30.8 Å². The second-order valence-electron chi connectivity index (χ2n) is 4.64. The van der Waals surface area contributed by atoms with Gasteiger partial charge < -0.3 is 9.84 Å². The lowest BCUT2D eigenvalue weighted by Crippen LogP contribution is -2.25. The van der Waals surface area contributed by atoms with Gasteiger partial charge in [-0.1, -0.05) is 35.5 Å². The molecular formula is C14H14N6O2. The topological polar surface area (TPSA) is 98.7 Å². The molecule has 0 unspecified atom stereocenters. The fourth-order valence-electron chi connectivity index (χ4n) is 1.88. The number of benzene rings is 1. The van der Waals surface area contributed by atoms with Crippen LogP contribution in [0.3, 0.4) is 0 Å². The zero-order valence-corrected chi connectivity index (χ0v) is 11.7. The van der Waals surface area contributed by atoms with Crippen molar-refractivity contribution < 1.29 is 9.32 Å². The van der Waals surface area contributed by atoms with Crippen molar-refractivity contribution in [3.63, 3.8) is 0 Å². The molecule has 0 radical (unpaired) electrons. The van der Waals surface area contributed by atoms with Crippen molar-refractivity contribution in [1.82, 2.24) is 30.2 Å². The summed E-state index contributed by atoms with van der Waals surface area (Å²) >= 11 is 0. The van der Waals surface area contributed by atoms with Gasteiger partial charge in [0.25, 0.3) is 0 Å². The van der Waals surface area contributed by atoms with E-state index in [9.17, 15) is 4.79 Å². The van der Waals surface area contributed by atoms with Crippen LogP contribution in [0.15, 0.2) is 47.5 Å². The first-order chi connectivity index (χ1) is 10.8. The van der Waals surface area contributed by atoms with Gasteiger partial charge in [0.1, 0.15) is 19.2 Å². The number of nitrogens with one attached hydrogen (secondary N) is 1. The van der Waals surface area contributed by atoms with Gasteiger partial charge in [0.05, 0.1) is 6.42 Å². The fraction of sp³-hybridized carbons (Fsp3) is 0.214. The normalized spacial score (nSPS) is 10.5. The maximum absolute atomic E-state index is 11.9. The molecule has 0 bridgehead atoms.